The Kier molecular flexibility index (Phi) is 5.72. The van der Waals surface area contributed by atoms with E-state index in [1.807, 2.05) is 0 Å². The summed E-state index contributed by atoms with van der Waals surface area (Å²) in [7, 11) is 3.00. The van der Waals surface area contributed by atoms with Gasteiger partial charge in [0.1, 0.15) is 5.82 Å². The summed E-state index contributed by atoms with van der Waals surface area (Å²) < 4.78 is 30.3. The Morgan fingerprint density at radius 2 is 1.78 bits per heavy atom. The van der Waals surface area contributed by atoms with Gasteiger partial charge < -0.3 is 24.9 Å². The van der Waals surface area contributed by atoms with Gasteiger partial charge in [0.15, 0.2) is 11.5 Å². The second-order valence-corrected chi connectivity index (χ2v) is 7.94. The summed E-state index contributed by atoms with van der Waals surface area (Å²) >= 11 is 0. The van der Waals surface area contributed by atoms with Crippen LogP contribution in [0, 0.1) is 5.82 Å². The van der Waals surface area contributed by atoms with Crippen LogP contribution < -0.4 is 25.5 Å². The van der Waals surface area contributed by atoms with Gasteiger partial charge in [0.25, 0.3) is 5.56 Å². The van der Waals surface area contributed by atoms with Crippen molar-refractivity contribution in [3.63, 3.8) is 0 Å². The number of carbonyl (C=O) groups is 1. The van der Waals surface area contributed by atoms with E-state index in [0.717, 1.165) is 5.56 Å². The molecule has 0 aliphatic heterocycles. The van der Waals surface area contributed by atoms with Crippen LogP contribution in [0.4, 0.5) is 9.18 Å². The number of imidazole rings is 1. The summed E-state index contributed by atoms with van der Waals surface area (Å²) in [6, 6.07) is 13.1. The van der Waals surface area contributed by atoms with Crippen molar-refractivity contribution in [1.29, 1.82) is 0 Å². The molecule has 36 heavy (non-hydrogen) atoms. The lowest BCUT2D eigenvalue weighted by molar-refractivity contribution is 0.207. The predicted molar refractivity (Wildman–Crippen MR) is 130 cm³/mol. The van der Waals surface area contributed by atoms with Gasteiger partial charge in [0, 0.05) is 17.4 Å². The van der Waals surface area contributed by atoms with Crippen molar-refractivity contribution in [2.75, 3.05) is 14.2 Å². The molecular weight excluding hydrogens is 469 g/mol. The number of H-pyrrole nitrogens is 2. The van der Waals surface area contributed by atoms with Crippen LogP contribution in [0.3, 0.4) is 0 Å². The monoisotopic (exact) mass is 489 g/mol. The number of fused-ring (bicyclic) bond motifs is 2. The smallest absolute Gasteiger partial charge is 0.412 e. The number of primary amides is 1. The minimum absolute atomic E-state index is 0.0491. The number of nitrogens with zero attached hydrogens (tertiary/aromatic N) is 2. The molecule has 0 aliphatic rings. The number of aromatic amines is 2. The number of hydrogen-bond acceptors (Lipinski definition) is 7. The van der Waals surface area contributed by atoms with Crippen LogP contribution in [0.5, 0.6) is 17.5 Å². The Morgan fingerprint density at radius 3 is 2.50 bits per heavy atom. The molecule has 10 nitrogen and oxygen atoms in total. The minimum atomic E-state index is -0.993. The molecule has 0 unspecified atom stereocenters. The summed E-state index contributed by atoms with van der Waals surface area (Å²) in [4.78, 5) is 30.3. The van der Waals surface area contributed by atoms with Gasteiger partial charge >= 0.3 is 12.1 Å². The Hall–Kier alpha value is -4.93. The van der Waals surface area contributed by atoms with Crippen LogP contribution in [-0.4, -0.2) is 40.5 Å². The first kappa shape index (κ1) is 22.8. The minimum Gasteiger partial charge on any atom is -0.493 e. The van der Waals surface area contributed by atoms with E-state index in [4.69, 9.17) is 19.9 Å². The van der Waals surface area contributed by atoms with Crippen molar-refractivity contribution in [3.05, 3.63) is 76.0 Å². The van der Waals surface area contributed by atoms with E-state index >= 15 is 0 Å². The van der Waals surface area contributed by atoms with E-state index in [0.29, 0.717) is 56.5 Å². The highest BCUT2D eigenvalue weighted by atomic mass is 19.1. The van der Waals surface area contributed by atoms with Crippen molar-refractivity contribution in [1.82, 2.24) is 20.2 Å². The fourth-order valence-electron chi connectivity index (χ4n) is 4.07. The molecule has 0 aliphatic carbocycles. The van der Waals surface area contributed by atoms with E-state index in [-0.39, 0.29) is 11.6 Å². The average Bonchev–Trinajstić information content (AvgIpc) is 3.26. The van der Waals surface area contributed by atoms with Gasteiger partial charge in [-0.1, -0.05) is 12.1 Å². The fourth-order valence-corrected chi connectivity index (χ4v) is 4.07. The van der Waals surface area contributed by atoms with E-state index in [1.165, 1.54) is 20.3 Å². The number of rotatable bonds is 6. The maximum atomic E-state index is 14.9. The lowest BCUT2D eigenvalue weighted by Gasteiger charge is -2.12. The van der Waals surface area contributed by atoms with Crippen molar-refractivity contribution >= 4 is 27.9 Å². The molecular formula is C25H20FN5O5. The number of nitrogens with one attached hydrogen (secondary N) is 2. The third-order valence-electron chi connectivity index (χ3n) is 5.74. The highest BCUT2D eigenvalue weighted by Gasteiger charge is 2.15. The standard InChI is InChI=1S/C25H20FN5O5/c1-34-21-10-15-16(11-22(21)35-2)23(32)31-30-19(15)8-12-3-5-17(26)14(7-12)13-4-6-18-20(9-13)29-25(28-18)36-24(27)33/h3-7,9-11H,8H2,1-2H3,(H2,27,33)(H,28,29)(H,31,32). The van der Waals surface area contributed by atoms with E-state index in [2.05, 4.69) is 20.2 Å². The zero-order valence-corrected chi connectivity index (χ0v) is 19.2. The number of carbonyl (C=O) groups excluding carboxylic acids is 1. The number of nitrogens with two attached hydrogens (primary N) is 1. The van der Waals surface area contributed by atoms with Crippen LogP contribution in [0.1, 0.15) is 11.3 Å². The molecule has 2 heterocycles. The maximum Gasteiger partial charge on any atom is 0.412 e. The fraction of sp³-hybridized carbons (Fsp3) is 0.120. The highest BCUT2D eigenvalue weighted by molar-refractivity contribution is 5.87. The van der Waals surface area contributed by atoms with Crippen LogP contribution in [0.15, 0.2) is 53.3 Å². The molecule has 0 atom stereocenters. The van der Waals surface area contributed by atoms with Crippen molar-refractivity contribution in [2.45, 2.75) is 6.42 Å². The highest BCUT2D eigenvalue weighted by Crippen LogP contribution is 2.33. The Balaban J connectivity index is 1.54. The average molecular weight is 489 g/mol. The van der Waals surface area contributed by atoms with Gasteiger partial charge in [0.05, 0.1) is 36.3 Å². The largest absolute Gasteiger partial charge is 0.493 e. The zero-order valence-electron chi connectivity index (χ0n) is 19.2. The summed E-state index contributed by atoms with van der Waals surface area (Å²) in [5.74, 6) is 0.471. The van der Waals surface area contributed by atoms with Crippen LogP contribution in [0.25, 0.3) is 32.9 Å². The summed E-state index contributed by atoms with van der Waals surface area (Å²) in [6.07, 6.45) is -0.675. The van der Waals surface area contributed by atoms with Gasteiger partial charge in [-0.2, -0.15) is 10.1 Å². The Labute approximate surface area is 202 Å². The van der Waals surface area contributed by atoms with Crippen molar-refractivity contribution in [2.24, 2.45) is 5.73 Å². The molecule has 0 spiro atoms. The van der Waals surface area contributed by atoms with E-state index in [9.17, 15) is 14.0 Å². The van der Waals surface area contributed by atoms with Gasteiger partial charge in [-0.15, -0.1) is 0 Å². The summed E-state index contributed by atoms with van der Waals surface area (Å²) in [6.45, 7) is 0. The molecule has 5 rings (SSSR count). The number of amides is 1. The molecule has 3 aromatic carbocycles. The SMILES string of the molecule is COc1cc2c(Cc3ccc(F)c(-c4ccc5nc(OC(N)=O)[nH]c5c4)c3)n[nH]c(=O)c2cc1OC. The molecule has 0 saturated heterocycles. The zero-order chi connectivity index (χ0) is 25.4. The van der Waals surface area contributed by atoms with Gasteiger partial charge in [0.2, 0.25) is 0 Å². The van der Waals surface area contributed by atoms with Crippen molar-refractivity contribution in [3.8, 4) is 28.6 Å². The number of aromatic nitrogens is 4. The summed E-state index contributed by atoms with van der Waals surface area (Å²) in [5, 5.41) is 7.75. The quantitative estimate of drug-likeness (QED) is 0.330. The summed E-state index contributed by atoms with van der Waals surface area (Å²) in [5.41, 5.74) is 8.04. The van der Waals surface area contributed by atoms with Crippen LogP contribution >= 0.6 is 0 Å². The first-order valence-corrected chi connectivity index (χ1v) is 10.8. The molecule has 0 radical (unpaired) electrons. The first-order valence-electron chi connectivity index (χ1n) is 10.8. The third kappa shape index (κ3) is 4.17. The van der Waals surface area contributed by atoms with Crippen LogP contribution in [0.2, 0.25) is 0 Å². The second kappa shape index (κ2) is 9.02. The number of benzene rings is 3. The molecule has 11 heteroatoms. The van der Waals surface area contributed by atoms with Gasteiger partial charge in [-0.3, -0.25) is 4.79 Å². The molecule has 1 amide bonds. The molecule has 0 saturated carbocycles. The molecule has 0 bridgehead atoms. The Morgan fingerprint density at radius 1 is 1.03 bits per heavy atom. The van der Waals surface area contributed by atoms with Crippen LogP contribution in [-0.2, 0) is 6.42 Å². The number of methoxy groups -OCH3 is 2. The lowest BCUT2D eigenvalue weighted by atomic mass is 9.98. The number of hydrogen-bond donors (Lipinski definition) is 3. The molecule has 2 aromatic heterocycles. The first-order chi connectivity index (χ1) is 17.4. The van der Waals surface area contributed by atoms with Gasteiger partial charge in [-0.25, -0.2) is 14.3 Å². The molecule has 182 valence electrons. The topological polar surface area (TPSA) is 145 Å². The van der Waals surface area contributed by atoms with Crippen molar-refractivity contribution < 1.29 is 23.4 Å². The predicted octanol–water partition coefficient (Wildman–Crippen LogP) is 3.67. The van der Waals surface area contributed by atoms with E-state index in [1.54, 1.807) is 42.5 Å². The molecule has 0 fully saturated rings. The third-order valence-corrected chi connectivity index (χ3v) is 5.74. The lowest BCUT2D eigenvalue weighted by Crippen LogP contribution is -2.16. The molecule has 4 N–H and O–H groups in total. The maximum absolute atomic E-state index is 14.9. The Bertz CT molecular complexity index is 1690. The normalized spacial score (nSPS) is 11.1. The van der Waals surface area contributed by atoms with Gasteiger partial charge in [-0.05, 0) is 47.5 Å². The second-order valence-electron chi connectivity index (χ2n) is 7.94. The van der Waals surface area contributed by atoms with E-state index < -0.39 is 11.9 Å². The number of halogens is 1. The number of ether oxygens (including phenoxy) is 3. The molecule has 5 aromatic rings.